The highest BCUT2D eigenvalue weighted by Crippen LogP contribution is 2.21. The Hall–Kier alpha value is -3.47. The van der Waals surface area contributed by atoms with E-state index in [4.69, 9.17) is 0 Å². The van der Waals surface area contributed by atoms with Crippen LogP contribution in [0.3, 0.4) is 0 Å². The van der Waals surface area contributed by atoms with Crippen molar-refractivity contribution in [2.75, 3.05) is 0 Å². The number of aryl methyl sites for hydroxylation is 1. The first-order valence-electron chi connectivity index (χ1n) is 12.9. The third-order valence-electron chi connectivity index (χ3n) is 6.96. The maximum absolute atomic E-state index is 14.7. The van der Waals surface area contributed by atoms with Gasteiger partial charge in [0, 0.05) is 24.6 Å². The van der Waals surface area contributed by atoms with Crippen molar-refractivity contribution >= 4 is 11.8 Å². The molecule has 1 aliphatic carbocycles. The molecule has 188 valence electrons. The molecule has 4 rings (SSSR count). The summed E-state index contributed by atoms with van der Waals surface area (Å²) in [6.45, 7) is 2.02. The number of amides is 2. The summed E-state index contributed by atoms with van der Waals surface area (Å²) in [7, 11) is 0. The molecule has 2 amide bonds. The zero-order valence-corrected chi connectivity index (χ0v) is 21.0. The second kappa shape index (κ2) is 12.5. The number of nitrogens with one attached hydrogen (secondary N) is 1. The molecule has 0 unspecified atom stereocenters. The molecule has 0 saturated heterocycles. The smallest absolute Gasteiger partial charge is 0.243 e. The van der Waals surface area contributed by atoms with Crippen LogP contribution in [0.5, 0.6) is 0 Å². The molecule has 1 fully saturated rings. The molecule has 0 bridgehead atoms. The van der Waals surface area contributed by atoms with Gasteiger partial charge in [0.25, 0.3) is 0 Å². The summed E-state index contributed by atoms with van der Waals surface area (Å²) in [5.41, 5.74) is 3.31. The van der Waals surface area contributed by atoms with E-state index < -0.39 is 6.04 Å². The summed E-state index contributed by atoms with van der Waals surface area (Å²) >= 11 is 0. The van der Waals surface area contributed by atoms with Gasteiger partial charge in [-0.1, -0.05) is 97.6 Å². The van der Waals surface area contributed by atoms with Crippen LogP contribution in [0.4, 0.5) is 4.39 Å². The van der Waals surface area contributed by atoms with Crippen molar-refractivity contribution in [3.8, 4) is 0 Å². The van der Waals surface area contributed by atoms with Gasteiger partial charge in [-0.25, -0.2) is 4.39 Å². The second-order valence-electron chi connectivity index (χ2n) is 9.83. The summed E-state index contributed by atoms with van der Waals surface area (Å²) in [5.74, 6) is -0.736. The summed E-state index contributed by atoms with van der Waals surface area (Å²) < 4.78 is 14.7. The van der Waals surface area contributed by atoms with E-state index in [2.05, 4.69) is 5.32 Å². The lowest BCUT2D eigenvalue weighted by atomic mass is 9.94. The zero-order chi connectivity index (χ0) is 25.3. The molecule has 3 aromatic carbocycles. The molecule has 3 aromatic rings. The number of nitrogens with zero attached hydrogens (tertiary/aromatic N) is 1. The van der Waals surface area contributed by atoms with Gasteiger partial charge in [0.15, 0.2) is 0 Å². The van der Waals surface area contributed by atoms with Crippen LogP contribution in [0.15, 0.2) is 78.9 Å². The average Bonchev–Trinajstić information content (AvgIpc) is 2.88. The number of carbonyl (C=O) groups excluding carboxylic acids is 2. The second-order valence-corrected chi connectivity index (χ2v) is 9.83. The van der Waals surface area contributed by atoms with Gasteiger partial charge in [-0.05, 0) is 37.0 Å². The summed E-state index contributed by atoms with van der Waals surface area (Å²) in [6.07, 6.45) is 5.81. The van der Waals surface area contributed by atoms with Crippen LogP contribution >= 0.6 is 0 Å². The van der Waals surface area contributed by atoms with Gasteiger partial charge in [0.1, 0.15) is 11.9 Å². The van der Waals surface area contributed by atoms with Crippen molar-refractivity contribution in [2.45, 2.75) is 70.5 Å². The van der Waals surface area contributed by atoms with E-state index in [1.807, 2.05) is 61.5 Å². The first-order valence-corrected chi connectivity index (χ1v) is 12.9. The summed E-state index contributed by atoms with van der Waals surface area (Å²) in [6, 6.07) is 23.4. The van der Waals surface area contributed by atoms with Crippen molar-refractivity contribution in [1.82, 2.24) is 10.2 Å². The quantitative estimate of drug-likeness (QED) is 0.418. The average molecular weight is 487 g/mol. The Labute approximate surface area is 213 Å². The Morgan fingerprint density at radius 1 is 0.917 bits per heavy atom. The van der Waals surface area contributed by atoms with Crippen LogP contribution in [-0.4, -0.2) is 28.8 Å². The molecular weight excluding hydrogens is 451 g/mol. The molecular formula is C31H35FN2O2. The molecule has 0 aromatic heterocycles. The van der Waals surface area contributed by atoms with Gasteiger partial charge >= 0.3 is 0 Å². The number of rotatable bonds is 9. The normalized spacial score (nSPS) is 14.7. The lowest BCUT2D eigenvalue weighted by Crippen LogP contribution is -2.53. The molecule has 1 aliphatic rings. The van der Waals surface area contributed by atoms with E-state index in [9.17, 15) is 14.0 Å². The van der Waals surface area contributed by atoms with E-state index in [1.165, 1.54) is 12.5 Å². The number of halogens is 1. The highest BCUT2D eigenvalue weighted by Gasteiger charge is 2.32. The monoisotopic (exact) mass is 486 g/mol. The third kappa shape index (κ3) is 7.03. The van der Waals surface area contributed by atoms with Crippen molar-refractivity contribution in [2.24, 2.45) is 0 Å². The lowest BCUT2D eigenvalue weighted by molar-refractivity contribution is -0.141. The SMILES string of the molecule is Cc1cccc(CC(=O)N(Cc2ccccc2F)[C@H](Cc2ccccc2)C(=O)NC2CCCCC2)c1. The third-order valence-corrected chi connectivity index (χ3v) is 6.96. The van der Waals surface area contributed by atoms with Gasteiger partial charge in [-0.3, -0.25) is 9.59 Å². The molecule has 36 heavy (non-hydrogen) atoms. The van der Waals surface area contributed by atoms with Crippen molar-refractivity contribution in [1.29, 1.82) is 0 Å². The molecule has 0 heterocycles. The minimum Gasteiger partial charge on any atom is -0.352 e. The minimum absolute atomic E-state index is 0.0346. The molecule has 0 radical (unpaired) electrons. The van der Waals surface area contributed by atoms with Gasteiger partial charge in [0.05, 0.1) is 6.42 Å². The van der Waals surface area contributed by atoms with E-state index in [0.29, 0.717) is 12.0 Å². The predicted molar refractivity (Wildman–Crippen MR) is 141 cm³/mol. The number of hydrogen-bond acceptors (Lipinski definition) is 2. The van der Waals surface area contributed by atoms with Crippen molar-refractivity contribution in [3.63, 3.8) is 0 Å². The first kappa shape index (κ1) is 25.6. The highest BCUT2D eigenvalue weighted by atomic mass is 19.1. The largest absolute Gasteiger partial charge is 0.352 e. The summed E-state index contributed by atoms with van der Waals surface area (Å²) in [5, 5.41) is 3.22. The Morgan fingerprint density at radius 3 is 2.33 bits per heavy atom. The molecule has 5 heteroatoms. The van der Waals surface area contributed by atoms with Crippen molar-refractivity contribution in [3.05, 3.63) is 107 Å². The Morgan fingerprint density at radius 2 is 1.61 bits per heavy atom. The summed E-state index contributed by atoms with van der Waals surface area (Å²) in [4.78, 5) is 29.1. The van der Waals surface area contributed by atoms with Gasteiger partial charge in [0.2, 0.25) is 11.8 Å². The van der Waals surface area contributed by atoms with Crippen LogP contribution in [-0.2, 0) is 29.0 Å². The molecule has 1 atom stereocenters. The fourth-order valence-corrected chi connectivity index (χ4v) is 5.01. The first-order chi connectivity index (χ1) is 17.5. The minimum atomic E-state index is -0.744. The molecule has 0 aliphatic heterocycles. The van der Waals surface area contributed by atoms with Crippen LogP contribution in [0.25, 0.3) is 0 Å². The van der Waals surface area contributed by atoms with Crippen molar-refractivity contribution < 1.29 is 14.0 Å². The molecule has 4 nitrogen and oxygen atoms in total. The van der Waals surface area contributed by atoms with Gasteiger partial charge in [-0.15, -0.1) is 0 Å². The van der Waals surface area contributed by atoms with Crippen LogP contribution < -0.4 is 5.32 Å². The van der Waals surface area contributed by atoms with Crippen LogP contribution in [0, 0.1) is 12.7 Å². The Kier molecular flexibility index (Phi) is 8.88. The number of benzene rings is 3. The lowest BCUT2D eigenvalue weighted by Gasteiger charge is -2.33. The number of hydrogen-bond donors (Lipinski definition) is 1. The molecule has 1 N–H and O–H groups in total. The standard InChI is InChI=1S/C31H35FN2O2/c1-23-11-10-14-25(19-23)21-30(35)34(22-26-15-8-9-18-28(26)32)29(20-24-12-4-2-5-13-24)31(36)33-27-16-6-3-7-17-27/h2,4-5,8-15,18-19,27,29H,3,6-7,16-17,20-22H2,1H3,(H,33,36)/t29-/m1/s1. The molecule has 0 spiro atoms. The number of carbonyl (C=O) groups is 2. The van der Waals surface area contributed by atoms with Crippen LogP contribution in [0.1, 0.15) is 54.4 Å². The maximum Gasteiger partial charge on any atom is 0.243 e. The maximum atomic E-state index is 14.7. The predicted octanol–water partition coefficient (Wildman–Crippen LogP) is 5.77. The fourth-order valence-electron chi connectivity index (χ4n) is 5.01. The molecule has 1 saturated carbocycles. The highest BCUT2D eigenvalue weighted by molar-refractivity contribution is 5.89. The van der Waals surface area contributed by atoms with E-state index >= 15 is 0 Å². The fraction of sp³-hybridized carbons (Fsp3) is 0.355. The van der Waals surface area contributed by atoms with Crippen LogP contribution in [0.2, 0.25) is 0 Å². The van der Waals surface area contributed by atoms with E-state index in [-0.39, 0.29) is 36.6 Å². The Balaban J connectivity index is 1.66. The zero-order valence-electron chi connectivity index (χ0n) is 21.0. The van der Waals surface area contributed by atoms with E-state index in [1.54, 1.807) is 23.1 Å². The topological polar surface area (TPSA) is 49.4 Å². The van der Waals surface area contributed by atoms with E-state index in [0.717, 1.165) is 42.4 Å². The van der Waals surface area contributed by atoms with Gasteiger partial charge < -0.3 is 10.2 Å². The van der Waals surface area contributed by atoms with Gasteiger partial charge in [-0.2, -0.15) is 0 Å². The Bertz CT molecular complexity index is 1160.